The fourth-order valence-electron chi connectivity index (χ4n) is 4.26. The van der Waals surface area contributed by atoms with Gasteiger partial charge in [-0.2, -0.15) is 4.98 Å². The van der Waals surface area contributed by atoms with E-state index < -0.39 is 6.10 Å². The van der Waals surface area contributed by atoms with Gasteiger partial charge in [0.2, 0.25) is 11.7 Å². The van der Waals surface area contributed by atoms with Gasteiger partial charge in [-0.3, -0.25) is 9.69 Å². The third kappa shape index (κ3) is 7.66. The van der Waals surface area contributed by atoms with Gasteiger partial charge in [0, 0.05) is 30.8 Å². The van der Waals surface area contributed by atoms with Crippen molar-refractivity contribution in [1.82, 2.24) is 20.4 Å². The molecule has 1 aliphatic rings. The number of hydrogen-bond acceptors (Lipinski definition) is 8. The van der Waals surface area contributed by atoms with Gasteiger partial charge in [0.25, 0.3) is 5.89 Å². The van der Waals surface area contributed by atoms with E-state index in [4.69, 9.17) is 26.0 Å². The normalized spacial score (nSPS) is 13.9. The fourth-order valence-corrected chi connectivity index (χ4v) is 4.49. The summed E-state index contributed by atoms with van der Waals surface area (Å²) in [6.07, 6.45) is -0.136. The number of carbonyl (C=O) groups is 1. The quantitative estimate of drug-likeness (QED) is 0.233. The van der Waals surface area contributed by atoms with Gasteiger partial charge >= 0.3 is 0 Å². The van der Waals surface area contributed by atoms with Crippen LogP contribution in [0.1, 0.15) is 30.5 Å². The first-order valence-corrected chi connectivity index (χ1v) is 14.9. The molecule has 0 bridgehead atoms. The molecule has 0 spiro atoms. The average Bonchev–Trinajstić information content (AvgIpc) is 3.39. The Morgan fingerprint density at radius 2 is 2.05 bits per heavy atom. The van der Waals surface area contributed by atoms with Gasteiger partial charge in [0.05, 0.1) is 30.4 Å². The second-order valence-corrected chi connectivity index (χ2v) is 9.62. The molecular formula is C27H34ClIN4O5. The molecule has 1 amide bonds. The van der Waals surface area contributed by atoms with Gasteiger partial charge in [-0.1, -0.05) is 51.5 Å². The smallest absolute Gasteiger partial charge is 0.258 e. The lowest BCUT2D eigenvalue weighted by Gasteiger charge is -2.29. The number of ether oxygens (including phenoxy) is 1. The van der Waals surface area contributed by atoms with Crippen molar-refractivity contribution in [2.45, 2.75) is 45.9 Å². The van der Waals surface area contributed by atoms with Gasteiger partial charge in [0.1, 0.15) is 5.75 Å². The average molecular weight is 657 g/mol. The minimum Gasteiger partial charge on any atom is -0.489 e. The molecule has 206 valence electrons. The van der Waals surface area contributed by atoms with Crippen LogP contribution in [0.25, 0.3) is 22.8 Å². The van der Waals surface area contributed by atoms with Gasteiger partial charge in [-0.15, -0.1) is 0 Å². The highest BCUT2D eigenvalue weighted by Crippen LogP contribution is 2.33. The van der Waals surface area contributed by atoms with Crippen LogP contribution in [0.3, 0.4) is 0 Å². The number of hydrogen-bond donors (Lipinski definition) is 3. The number of nitrogens with one attached hydrogen (secondary N) is 1. The van der Waals surface area contributed by atoms with Crippen LogP contribution in [-0.4, -0.2) is 74.5 Å². The third-order valence-corrected chi connectivity index (χ3v) is 6.38. The largest absolute Gasteiger partial charge is 0.489 e. The van der Waals surface area contributed by atoms with Crippen LogP contribution in [0.2, 0.25) is 5.02 Å². The number of fused-ring (bicyclic) bond motifs is 1. The summed E-state index contributed by atoms with van der Waals surface area (Å²) in [7, 11) is 0. The van der Waals surface area contributed by atoms with Crippen molar-refractivity contribution in [2.75, 3.05) is 31.2 Å². The lowest BCUT2D eigenvalue weighted by molar-refractivity contribution is -0.123. The number of carbonyl (C=O) groups excluding carboxylic acids is 1. The number of benzene rings is 2. The maximum Gasteiger partial charge on any atom is 0.258 e. The van der Waals surface area contributed by atoms with Gasteiger partial charge < -0.3 is 24.8 Å². The van der Waals surface area contributed by atoms with Crippen LogP contribution >= 0.6 is 34.2 Å². The molecule has 11 heteroatoms. The number of halogens is 2. The maximum absolute atomic E-state index is 12.2. The Balaban J connectivity index is 0.00000195. The van der Waals surface area contributed by atoms with Gasteiger partial charge in [-0.05, 0) is 67.0 Å². The summed E-state index contributed by atoms with van der Waals surface area (Å²) in [4.78, 5) is 20.8. The fraction of sp³-hybridized carbons (Fsp3) is 0.444. The number of amides is 1. The molecule has 9 nitrogen and oxygen atoms in total. The summed E-state index contributed by atoms with van der Waals surface area (Å²) in [5.41, 5.74) is 5.09. The molecule has 1 atom stereocenters. The second kappa shape index (κ2) is 14.2. The van der Waals surface area contributed by atoms with Crippen molar-refractivity contribution >= 4 is 40.1 Å². The molecule has 38 heavy (non-hydrogen) atoms. The zero-order valence-corrected chi connectivity index (χ0v) is 24.9. The highest BCUT2D eigenvalue weighted by atomic mass is 127. The van der Waals surface area contributed by atoms with E-state index in [-0.39, 0.29) is 31.7 Å². The number of alkyl halides is 1. The number of aromatic nitrogens is 2. The third-order valence-electron chi connectivity index (χ3n) is 6.09. The van der Waals surface area contributed by atoms with E-state index in [2.05, 4.69) is 49.9 Å². The van der Waals surface area contributed by atoms with Crippen molar-refractivity contribution in [1.29, 1.82) is 0 Å². The summed E-state index contributed by atoms with van der Waals surface area (Å²) >= 11 is 8.52. The molecule has 3 N–H and O–H groups in total. The first-order valence-electron chi connectivity index (χ1n) is 12.3. The van der Waals surface area contributed by atoms with Crippen LogP contribution in [-0.2, 0) is 17.8 Å². The van der Waals surface area contributed by atoms with E-state index in [1.165, 1.54) is 5.56 Å². The Morgan fingerprint density at radius 1 is 1.29 bits per heavy atom. The molecule has 1 aliphatic heterocycles. The second-order valence-electron chi connectivity index (χ2n) is 9.21. The lowest BCUT2D eigenvalue weighted by atomic mass is 9.91. The molecule has 0 saturated carbocycles. The zero-order valence-electron chi connectivity index (χ0n) is 22.0. The van der Waals surface area contributed by atoms with Crippen LogP contribution in [0.15, 0.2) is 34.9 Å². The molecule has 2 heterocycles. The topological polar surface area (TPSA) is 121 Å². The SMILES string of the molecule is CI.Cc1c(-c2noc(-c3ccc(OC(C)C)c(Cl)c3)n2)ccc2c1CCN(CC(=O)NC[C@H](O)CO)C2. The summed E-state index contributed by atoms with van der Waals surface area (Å²) < 4.78 is 11.2. The predicted octanol–water partition coefficient (Wildman–Crippen LogP) is 4.03. The highest BCUT2D eigenvalue weighted by molar-refractivity contribution is 14.1. The summed E-state index contributed by atoms with van der Waals surface area (Å²) in [5.74, 6) is 1.31. The number of aliphatic hydroxyl groups is 2. The molecule has 0 aliphatic carbocycles. The molecule has 0 fully saturated rings. The molecule has 0 radical (unpaired) electrons. The van der Waals surface area contributed by atoms with E-state index in [1.807, 2.05) is 37.0 Å². The lowest BCUT2D eigenvalue weighted by Crippen LogP contribution is -2.42. The Kier molecular flexibility index (Phi) is 11.3. The Hall–Kier alpha value is -2.25. The van der Waals surface area contributed by atoms with Crippen molar-refractivity contribution in [3.05, 3.63) is 52.0 Å². The molecule has 2 aromatic carbocycles. The molecular weight excluding hydrogens is 623 g/mol. The Labute approximate surface area is 241 Å². The first kappa shape index (κ1) is 30.3. The standard InChI is InChI=1S/C26H31ClN4O5.CH3I/c1-15(2)35-23-7-5-17(10-22(23)27)26-29-25(30-36-26)21-6-4-18-12-31(9-8-20(18)16(21)3)13-24(34)28-11-19(33)14-32;1-2/h4-7,10,15,19,32-33H,8-9,11-14H2,1-3H3,(H,28,34);1H3/t19-;/m0./s1. The Bertz CT molecular complexity index is 1240. The molecule has 0 unspecified atom stereocenters. The monoisotopic (exact) mass is 656 g/mol. The van der Waals surface area contributed by atoms with E-state index >= 15 is 0 Å². The Morgan fingerprint density at radius 3 is 2.74 bits per heavy atom. The minimum absolute atomic E-state index is 0.0190. The summed E-state index contributed by atoms with van der Waals surface area (Å²) in [6.45, 7) is 7.20. The van der Waals surface area contributed by atoms with E-state index in [9.17, 15) is 9.90 Å². The molecule has 4 rings (SSSR count). The zero-order chi connectivity index (χ0) is 27.8. The van der Waals surface area contributed by atoms with Crippen molar-refractivity contribution in [3.8, 4) is 28.6 Å². The number of rotatable bonds is 9. The van der Waals surface area contributed by atoms with Crippen molar-refractivity contribution in [3.63, 3.8) is 0 Å². The number of nitrogens with zero attached hydrogens (tertiary/aromatic N) is 3. The minimum atomic E-state index is -0.946. The molecule has 3 aromatic rings. The molecule has 1 aromatic heterocycles. The summed E-state index contributed by atoms with van der Waals surface area (Å²) in [5, 5.41) is 25.6. The van der Waals surface area contributed by atoms with Gasteiger partial charge in [0.15, 0.2) is 0 Å². The van der Waals surface area contributed by atoms with Crippen molar-refractivity contribution < 1.29 is 24.3 Å². The van der Waals surface area contributed by atoms with Crippen LogP contribution in [0, 0.1) is 6.92 Å². The molecule has 0 saturated heterocycles. The van der Waals surface area contributed by atoms with Crippen LogP contribution in [0.5, 0.6) is 5.75 Å². The predicted molar refractivity (Wildman–Crippen MR) is 156 cm³/mol. The van der Waals surface area contributed by atoms with E-state index in [0.717, 1.165) is 29.7 Å². The van der Waals surface area contributed by atoms with Crippen molar-refractivity contribution in [2.24, 2.45) is 0 Å². The maximum atomic E-state index is 12.2. The van der Waals surface area contributed by atoms with E-state index in [1.54, 1.807) is 12.1 Å². The summed E-state index contributed by atoms with van der Waals surface area (Å²) in [6, 6.07) is 9.42. The first-order chi connectivity index (χ1) is 18.2. The van der Waals surface area contributed by atoms with Crippen LogP contribution in [0.4, 0.5) is 0 Å². The van der Waals surface area contributed by atoms with E-state index in [0.29, 0.717) is 34.6 Å². The number of aliphatic hydroxyl groups excluding tert-OH is 2. The highest BCUT2D eigenvalue weighted by Gasteiger charge is 2.23. The van der Waals surface area contributed by atoms with Crippen LogP contribution < -0.4 is 10.1 Å². The van der Waals surface area contributed by atoms with Gasteiger partial charge in [-0.25, -0.2) is 0 Å².